The summed E-state index contributed by atoms with van der Waals surface area (Å²) < 4.78 is 41.4. The van der Waals surface area contributed by atoms with Crippen LogP contribution in [0.5, 0.6) is 5.75 Å². The first-order valence-electron chi connectivity index (χ1n) is 3.72. The number of halogens is 3. The van der Waals surface area contributed by atoms with Crippen LogP contribution in [0.3, 0.4) is 0 Å². The quantitative estimate of drug-likeness (QED) is 0.733. The van der Waals surface area contributed by atoms with E-state index >= 15 is 0 Å². The molecule has 14 heavy (non-hydrogen) atoms. The molecule has 1 heterocycles. The van der Waals surface area contributed by atoms with Crippen molar-refractivity contribution in [3.8, 4) is 5.75 Å². The Morgan fingerprint density at radius 1 is 1.50 bits per heavy atom. The summed E-state index contributed by atoms with van der Waals surface area (Å²) >= 11 is 0. The van der Waals surface area contributed by atoms with Crippen LogP contribution in [0.1, 0.15) is 11.3 Å². The summed E-state index contributed by atoms with van der Waals surface area (Å²) in [5, 5.41) is 8.35. The lowest BCUT2D eigenvalue weighted by atomic mass is 10.2. The Labute approximate surface area is 78.8 Å². The molecule has 0 saturated heterocycles. The highest BCUT2D eigenvalue weighted by Crippen LogP contribution is 2.32. The number of hydrogen-bond acceptors (Lipinski definition) is 3. The Balaban J connectivity index is 3.09. The molecular formula is C7H7BF3NO2. The average Bonchev–Trinajstić information content (AvgIpc) is 2.07. The molecule has 0 saturated carbocycles. The number of alkyl halides is 3. The van der Waals surface area contributed by atoms with Crippen LogP contribution >= 0.6 is 0 Å². The Morgan fingerprint density at radius 2 is 2.14 bits per heavy atom. The largest absolute Gasteiger partial charge is 0.538 e. The van der Waals surface area contributed by atoms with E-state index in [1.54, 1.807) is 0 Å². The van der Waals surface area contributed by atoms with Gasteiger partial charge in [0.25, 0.3) is 0 Å². The summed E-state index contributed by atoms with van der Waals surface area (Å²) in [6, 6.07) is 0.804. The molecule has 7 heteroatoms. The van der Waals surface area contributed by atoms with Crippen LogP contribution in [0.2, 0.25) is 0 Å². The summed E-state index contributed by atoms with van der Waals surface area (Å²) in [6.45, 7) is 1.26. The van der Waals surface area contributed by atoms with Gasteiger partial charge in [0, 0.05) is 5.69 Å². The van der Waals surface area contributed by atoms with Crippen LogP contribution in [0.25, 0.3) is 0 Å². The summed E-state index contributed by atoms with van der Waals surface area (Å²) in [5.74, 6) is -0.106. The van der Waals surface area contributed by atoms with Crippen LogP contribution in [0.15, 0.2) is 12.3 Å². The van der Waals surface area contributed by atoms with Crippen molar-refractivity contribution in [2.45, 2.75) is 13.1 Å². The van der Waals surface area contributed by atoms with Crippen molar-refractivity contribution in [2.75, 3.05) is 0 Å². The van der Waals surface area contributed by atoms with Crippen molar-refractivity contribution in [3.05, 3.63) is 23.5 Å². The third-order valence-corrected chi connectivity index (χ3v) is 1.60. The van der Waals surface area contributed by atoms with E-state index in [-0.39, 0.29) is 11.4 Å². The molecule has 0 spiro atoms. The summed E-state index contributed by atoms with van der Waals surface area (Å²) in [6.07, 6.45) is -3.33. The highest BCUT2D eigenvalue weighted by Gasteiger charge is 2.33. The zero-order chi connectivity index (χ0) is 10.8. The second-order valence-corrected chi connectivity index (χ2v) is 2.58. The van der Waals surface area contributed by atoms with Crippen molar-refractivity contribution in [3.63, 3.8) is 0 Å². The van der Waals surface area contributed by atoms with Crippen LogP contribution < -0.4 is 4.65 Å². The fourth-order valence-corrected chi connectivity index (χ4v) is 0.954. The molecule has 76 valence electrons. The Morgan fingerprint density at radius 3 is 2.64 bits per heavy atom. The molecule has 1 N–H and O–H groups in total. The number of pyridine rings is 1. The van der Waals surface area contributed by atoms with Crippen molar-refractivity contribution in [1.29, 1.82) is 0 Å². The number of aryl methyl sites for hydroxylation is 1. The minimum Gasteiger partial charge on any atom is -0.538 e. The lowest BCUT2D eigenvalue weighted by Crippen LogP contribution is -2.10. The first-order chi connectivity index (χ1) is 6.45. The highest BCUT2D eigenvalue weighted by atomic mass is 19.4. The number of nitrogens with zero attached hydrogens (tertiary/aromatic N) is 1. The van der Waals surface area contributed by atoms with Gasteiger partial charge in [0.1, 0.15) is 5.75 Å². The van der Waals surface area contributed by atoms with Gasteiger partial charge in [-0.1, -0.05) is 0 Å². The van der Waals surface area contributed by atoms with Gasteiger partial charge in [-0.15, -0.1) is 0 Å². The van der Waals surface area contributed by atoms with E-state index in [9.17, 15) is 13.2 Å². The highest BCUT2D eigenvalue weighted by molar-refractivity contribution is 6.17. The maximum atomic E-state index is 12.3. The molecular weight excluding hydrogens is 198 g/mol. The fourth-order valence-electron chi connectivity index (χ4n) is 0.954. The van der Waals surface area contributed by atoms with E-state index in [1.165, 1.54) is 6.92 Å². The predicted molar refractivity (Wildman–Crippen MR) is 44.0 cm³/mol. The standard InChI is InChI=1S/C7H7BF3NO2/c1-4-6(7(9,10)11)2-5(3-12-4)14-8-13/h2-3,8,13H,1H3. The van der Waals surface area contributed by atoms with Crippen LogP contribution in [-0.2, 0) is 6.18 Å². The number of hydrogen-bond donors (Lipinski definition) is 1. The maximum absolute atomic E-state index is 12.3. The summed E-state index contributed by atoms with van der Waals surface area (Å²) in [4.78, 5) is 3.51. The molecule has 0 aliphatic rings. The van der Waals surface area contributed by atoms with Crippen molar-refractivity contribution in [1.82, 2.24) is 4.98 Å². The predicted octanol–water partition coefficient (Wildman–Crippen LogP) is 1.05. The molecule has 0 aromatic carbocycles. The second kappa shape index (κ2) is 3.87. The van der Waals surface area contributed by atoms with E-state index in [4.69, 9.17) is 5.02 Å². The Hall–Kier alpha value is -1.24. The zero-order valence-corrected chi connectivity index (χ0v) is 7.30. The van der Waals surface area contributed by atoms with Crippen molar-refractivity contribution >= 4 is 7.69 Å². The molecule has 0 amide bonds. The number of aromatic nitrogens is 1. The molecule has 1 aromatic rings. The van der Waals surface area contributed by atoms with E-state index < -0.39 is 19.4 Å². The Bertz CT molecular complexity index is 329. The monoisotopic (exact) mass is 205 g/mol. The minimum atomic E-state index is -4.45. The minimum absolute atomic E-state index is 0.106. The second-order valence-electron chi connectivity index (χ2n) is 2.58. The van der Waals surface area contributed by atoms with Crippen LogP contribution in [0.4, 0.5) is 13.2 Å². The molecule has 0 unspecified atom stereocenters. The maximum Gasteiger partial charge on any atom is 0.504 e. The van der Waals surface area contributed by atoms with Gasteiger partial charge in [0.2, 0.25) is 0 Å². The third kappa shape index (κ3) is 2.38. The number of rotatable bonds is 2. The van der Waals surface area contributed by atoms with Gasteiger partial charge < -0.3 is 9.68 Å². The normalized spacial score (nSPS) is 11.2. The lowest BCUT2D eigenvalue weighted by Gasteiger charge is -2.10. The Kier molecular flexibility index (Phi) is 3.00. The van der Waals surface area contributed by atoms with Gasteiger partial charge in [0.15, 0.2) is 0 Å². The zero-order valence-electron chi connectivity index (χ0n) is 7.30. The average molecular weight is 205 g/mol. The van der Waals surface area contributed by atoms with Crippen molar-refractivity contribution in [2.24, 2.45) is 0 Å². The van der Waals surface area contributed by atoms with E-state index in [0.717, 1.165) is 12.3 Å². The smallest absolute Gasteiger partial charge is 0.504 e. The van der Waals surface area contributed by atoms with Gasteiger partial charge in [-0.05, 0) is 13.0 Å². The molecule has 0 aliphatic carbocycles. The first kappa shape index (κ1) is 10.8. The molecule has 0 atom stereocenters. The molecule has 0 bridgehead atoms. The SMILES string of the molecule is Cc1ncc(OBO)cc1C(F)(F)F. The van der Waals surface area contributed by atoms with E-state index in [0.29, 0.717) is 0 Å². The van der Waals surface area contributed by atoms with Gasteiger partial charge in [-0.2, -0.15) is 13.2 Å². The molecule has 3 nitrogen and oxygen atoms in total. The van der Waals surface area contributed by atoms with E-state index in [1.807, 2.05) is 0 Å². The fraction of sp³-hybridized carbons (Fsp3) is 0.286. The first-order valence-corrected chi connectivity index (χ1v) is 3.72. The lowest BCUT2D eigenvalue weighted by molar-refractivity contribution is -0.138. The molecule has 1 aromatic heterocycles. The third-order valence-electron chi connectivity index (χ3n) is 1.60. The molecule has 0 fully saturated rings. The summed E-state index contributed by atoms with van der Waals surface area (Å²) in [7, 11) is -0.679. The van der Waals surface area contributed by atoms with Crippen LogP contribution in [-0.4, -0.2) is 17.7 Å². The van der Waals surface area contributed by atoms with Gasteiger partial charge in [0.05, 0.1) is 11.8 Å². The molecule has 0 radical (unpaired) electrons. The molecule has 1 rings (SSSR count). The molecule has 0 aliphatic heterocycles. The summed E-state index contributed by atoms with van der Waals surface area (Å²) in [5.41, 5.74) is -0.980. The van der Waals surface area contributed by atoms with Crippen molar-refractivity contribution < 1.29 is 22.8 Å². The topological polar surface area (TPSA) is 42.4 Å². The van der Waals surface area contributed by atoms with Gasteiger partial charge >= 0.3 is 13.9 Å². The van der Waals surface area contributed by atoms with E-state index in [2.05, 4.69) is 9.64 Å². The van der Waals surface area contributed by atoms with Gasteiger partial charge in [-0.25, -0.2) is 0 Å². The van der Waals surface area contributed by atoms with Crippen LogP contribution in [0, 0.1) is 6.92 Å². The van der Waals surface area contributed by atoms with Gasteiger partial charge in [-0.3, -0.25) is 4.98 Å².